The average Bonchev–Trinajstić information content (AvgIpc) is 2.57. The molecule has 0 aliphatic rings. The minimum absolute atomic E-state index is 0.205. The van der Waals surface area contributed by atoms with E-state index in [4.69, 9.17) is 0 Å². The van der Waals surface area contributed by atoms with Gasteiger partial charge in [0, 0.05) is 27.3 Å². The van der Waals surface area contributed by atoms with Crippen LogP contribution in [-0.2, 0) is 13.1 Å². The molecule has 1 aromatic heterocycles. The van der Waals surface area contributed by atoms with E-state index in [1.807, 2.05) is 17.4 Å². The lowest BCUT2D eigenvalue weighted by Gasteiger charge is -2.04. The lowest BCUT2D eigenvalue weighted by Crippen LogP contribution is -2.11. The summed E-state index contributed by atoms with van der Waals surface area (Å²) in [5.74, 6) is -0.205. The first kappa shape index (κ1) is 13.7. The smallest absolute Gasteiger partial charge is 0.124 e. The summed E-state index contributed by atoms with van der Waals surface area (Å²) in [6.07, 6.45) is 0. The molecule has 0 saturated heterocycles. The van der Waals surface area contributed by atoms with E-state index in [1.165, 1.54) is 21.4 Å². The molecule has 2 rings (SSSR count). The first-order valence-electron chi connectivity index (χ1n) is 5.76. The van der Waals surface area contributed by atoms with Crippen molar-refractivity contribution in [1.82, 2.24) is 5.32 Å². The van der Waals surface area contributed by atoms with Crippen LogP contribution in [-0.4, -0.2) is 0 Å². The Balaban J connectivity index is 1.92. The third kappa shape index (κ3) is 3.64. The molecule has 0 unspecified atom stereocenters. The summed E-state index contributed by atoms with van der Waals surface area (Å²) < 4.78 is 14.0. The molecule has 0 fully saturated rings. The fraction of sp³-hybridized carbons (Fsp3) is 0.286. The highest BCUT2D eigenvalue weighted by atomic mass is 79.9. The molecule has 0 spiro atoms. The Labute approximate surface area is 119 Å². The predicted octanol–water partition coefficient (Wildman–Crippen LogP) is 4.56. The van der Waals surface area contributed by atoms with Crippen molar-refractivity contribution in [3.05, 3.63) is 55.4 Å². The molecule has 0 saturated carbocycles. The Hall–Kier alpha value is -0.710. The average molecular weight is 328 g/mol. The maximum atomic E-state index is 13.2. The molecule has 1 nitrogen and oxygen atoms in total. The molecule has 96 valence electrons. The molecular formula is C14H15BrFNS. The van der Waals surface area contributed by atoms with Gasteiger partial charge in [-0.1, -0.05) is 15.9 Å². The van der Waals surface area contributed by atoms with Crippen LogP contribution < -0.4 is 5.32 Å². The van der Waals surface area contributed by atoms with Crippen molar-refractivity contribution in [2.24, 2.45) is 0 Å². The molecule has 0 aliphatic heterocycles. The first-order valence-corrected chi connectivity index (χ1v) is 7.37. The lowest BCUT2D eigenvalue weighted by atomic mass is 10.2. The largest absolute Gasteiger partial charge is 0.308 e. The lowest BCUT2D eigenvalue weighted by molar-refractivity contribution is 0.619. The summed E-state index contributed by atoms with van der Waals surface area (Å²) in [6.45, 7) is 5.76. The van der Waals surface area contributed by atoms with Crippen LogP contribution in [0, 0.1) is 19.7 Å². The number of rotatable bonds is 4. The monoisotopic (exact) mass is 327 g/mol. The summed E-state index contributed by atoms with van der Waals surface area (Å²) in [7, 11) is 0. The number of benzene rings is 1. The van der Waals surface area contributed by atoms with Crippen LogP contribution in [0.5, 0.6) is 0 Å². The summed E-state index contributed by atoms with van der Waals surface area (Å²) in [5.41, 5.74) is 2.29. The summed E-state index contributed by atoms with van der Waals surface area (Å²) in [4.78, 5) is 2.68. The zero-order valence-corrected chi connectivity index (χ0v) is 12.8. The van der Waals surface area contributed by atoms with Gasteiger partial charge in [0.25, 0.3) is 0 Å². The zero-order chi connectivity index (χ0) is 13.1. The van der Waals surface area contributed by atoms with Gasteiger partial charge in [-0.05, 0) is 49.2 Å². The van der Waals surface area contributed by atoms with E-state index < -0.39 is 0 Å². The van der Waals surface area contributed by atoms with Crippen molar-refractivity contribution in [1.29, 1.82) is 0 Å². The van der Waals surface area contributed by atoms with Crippen LogP contribution in [0.1, 0.15) is 20.9 Å². The predicted molar refractivity (Wildman–Crippen MR) is 78.4 cm³/mol. The van der Waals surface area contributed by atoms with Crippen molar-refractivity contribution in [2.75, 3.05) is 0 Å². The van der Waals surface area contributed by atoms with Gasteiger partial charge in [-0.2, -0.15) is 0 Å². The quantitative estimate of drug-likeness (QED) is 0.868. The molecule has 4 heteroatoms. The Morgan fingerprint density at radius 1 is 1.17 bits per heavy atom. The third-order valence-electron chi connectivity index (χ3n) is 2.77. The van der Waals surface area contributed by atoms with Crippen molar-refractivity contribution in [3.8, 4) is 0 Å². The van der Waals surface area contributed by atoms with Gasteiger partial charge in [-0.15, -0.1) is 11.3 Å². The highest BCUT2D eigenvalue weighted by Gasteiger charge is 2.02. The van der Waals surface area contributed by atoms with Gasteiger partial charge in [0.2, 0.25) is 0 Å². The Bertz CT molecular complexity index is 511. The second-order valence-electron chi connectivity index (χ2n) is 4.33. The molecule has 0 aliphatic carbocycles. The fourth-order valence-corrected chi connectivity index (χ4v) is 3.32. The summed E-state index contributed by atoms with van der Waals surface area (Å²) >= 11 is 5.11. The molecule has 18 heavy (non-hydrogen) atoms. The molecule has 1 N–H and O–H groups in total. The number of hydrogen-bond acceptors (Lipinski definition) is 2. The van der Waals surface area contributed by atoms with Gasteiger partial charge < -0.3 is 5.32 Å². The summed E-state index contributed by atoms with van der Waals surface area (Å²) in [6, 6.07) is 7.16. The molecule has 0 bridgehead atoms. The highest BCUT2D eigenvalue weighted by Crippen LogP contribution is 2.20. The van der Waals surface area contributed by atoms with E-state index in [0.29, 0.717) is 6.54 Å². The van der Waals surface area contributed by atoms with Gasteiger partial charge in [-0.3, -0.25) is 0 Å². The van der Waals surface area contributed by atoms with E-state index >= 15 is 0 Å². The van der Waals surface area contributed by atoms with Crippen molar-refractivity contribution in [2.45, 2.75) is 26.9 Å². The maximum absolute atomic E-state index is 13.2. The van der Waals surface area contributed by atoms with Crippen molar-refractivity contribution < 1.29 is 4.39 Å². The zero-order valence-electron chi connectivity index (χ0n) is 10.4. The molecule has 1 heterocycles. The van der Waals surface area contributed by atoms with Crippen molar-refractivity contribution in [3.63, 3.8) is 0 Å². The van der Waals surface area contributed by atoms with Crippen LogP contribution in [0.15, 0.2) is 28.7 Å². The molecule has 0 amide bonds. The van der Waals surface area contributed by atoms with Gasteiger partial charge in [-0.25, -0.2) is 4.39 Å². The van der Waals surface area contributed by atoms with Gasteiger partial charge in [0.15, 0.2) is 0 Å². The van der Waals surface area contributed by atoms with E-state index in [9.17, 15) is 4.39 Å². The number of nitrogens with one attached hydrogen (secondary N) is 1. The van der Waals surface area contributed by atoms with E-state index in [0.717, 1.165) is 16.6 Å². The Kier molecular flexibility index (Phi) is 4.54. The van der Waals surface area contributed by atoms with Crippen LogP contribution in [0.25, 0.3) is 0 Å². The number of hydrogen-bond donors (Lipinski definition) is 1. The first-order chi connectivity index (χ1) is 8.54. The van der Waals surface area contributed by atoms with E-state index in [2.05, 4.69) is 41.2 Å². The number of aryl methyl sites for hydroxylation is 2. The second-order valence-corrected chi connectivity index (χ2v) is 6.59. The molecule has 1 aromatic carbocycles. The normalized spacial score (nSPS) is 10.9. The molecule has 2 aromatic rings. The molecule has 0 atom stereocenters. The SMILES string of the molecule is Cc1cc(CNCc2cc(F)cc(Br)c2)sc1C. The van der Waals surface area contributed by atoms with Crippen molar-refractivity contribution >= 4 is 27.3 Å². The third-order valence-corrected chi connectivity index (χ3v) is 4.38. The van der Waals surface area contributed by atoms with Crippen LogP contribution >= 0.6 is 27.3 Å². The van der Waals surface area contributed by atoms with Crippen LogP contribution in [0.3, 0.4) is 0 Å². The van der Waals surface area contributed by atoms with Crippen LogP contribution in [0.2, 0.25) is 0 Å². The highest BCUT2D eigenvalue weighted by molar-refractivity contribution is 9.10. The molecule has 0 radical (unpaired) electrons. The van der Waals surface area contributed by atoms with Gasteiger partial charge in [0.1, 0.15) is 5.82 Å². The second kappa shape index (κ2) is 5.95. The standard InChI is InChI=1S/C14H15BrFNS/c1-9-3-14(18-10(9)2)8-17-7-11-4-12(15)6-13(16)5-11/h3-6,17H,7-8H2,1-2H3. The Morgan fingerprint density at radius 3 is 2.56 bits per heavy atom. The summed E-state index contributed by atoms with van der Waals surface area (Å²) in [5, 5.41) is 3.34. The Morgan fingerprint density at radius 2 is 1.94 bits per heavy atom. The minimum Gasteiger partial charge on any atom is -0.308 e. The van der Waals surface area contributed by atoms with Crippen LogP contribution in [0.4, 0.5) is 4.39 Å². The van der Waals surface area contributed by atoms with Gasteiger partial charge >= 0.3 is 0 Å². The number of halogens is 2. The maximum Gasteiger partial charge on any atom is 0.124 e. The number of thiophene rings is 1. The fourth-order valence-electron chi connectivity index (χ4n) is 1.78. The van der Waals surface area contributed by atoms with E-state index in [-0.39, 0.29) is 5.82 Å². The molecular weight excluding hydrogens is 313 g/mol. The van der Waals surface area contributed by atoms with Gasteiger partial charge in [0.05, 0.1) is 0 Å². The topological polar surface area (TPSA) is 12.0 Å². The minimum atomic E-state index is -0.205. The van der Waals surface area contributed by atoms with E-state index in [1.54, 1.807) is 6.07 Å².